The van der Waals surface area contributed by atoms with Crippen LogP contribution in [-0.2, 0) is 4.79 Å². The van der Waals surface area contributed by atoms with E-state index >= 15 is 0 Å². The summed E-state index contributed by atoms with van der Waals surface area (Å²) in [7, 11) is 0. The molecule has 0 spiro atoms. The number of nitrogens with one attached hydrogen (secondary N) is 2. The van der Waals surface area contributed by atoms with Crippen molar-refractivity contribution in [1.82, 2.24) is 10.6 Å². The third-order valence-electron chi connectivity index (χ3n) is 8.23. The van der Waals surface area contributed by atoms with Crippen molar-refractivity contribution in [3.63, 3.8) is 0 Å². The summed E-state index contributed by atoms with van der Waals surface area (Å²) >= 11 is 0. The number of rotatable bonds is 17. The van der Waals surface area contributed by atoms with Crippen molar-refractivity contribution < 1.29 is 27.9 Å². The second kappa shape index (κ2) is 15.7. The zero-order valence-corrected chi connectivity index (χ0v) is 27.7. The highest BCUT2D eigenvalue weighted by molar-refractivity contribution is 5.99. The SMILES string of the molecule is CC(C)NC1CC(Oc2ccc3oc(C(=O)C(C)CCC(C)NC[C@@H](C)Oc4ccc(F)c(/C=C/C(=O)C(C)C)c4)cc3c2)C1. The van der Waals surface area contributed by atoms with E-state index < -0.39 is 5.82 Å². The van der Waals surface area contributed by atoms with Crippen LogP contribution in [0.4, 0.5) is 4.39 Å². The molecule has 2 N–H and O–H groups in total. The number of carbonyl (C=O) groups is 2. The monoisotopic (exact) mass is 620 g/mol. The van der Waals surface area contributed by atoms with Gasteiger partial charge in [-0.15, -0.1) is 0 Å². The Morgan fingerprint density at radius 3 is 2.42 bits per heavy atom. The van der Waals surface area contributed by atoms with Gasteiger partial charge in [0, 0.05) is 47.5 Å². The molecule has 3 aromatic rings. The topological polar surface area (TPSA) is 89.8 Å². The van der Waals surface area contributed by atoms with Gasteiger partial charge in [-0.25, -0.2) is 4.39 Å². The molecule has 1 heterocycles. The molecule has 2 aromatic carbocycles. The van der Waals surface area contributed by atoms with E-state index in [1.807, 2.05) is 38.1 Å². The number of Topliss-reactive ketones (excluding diaryl/α,β-unsaturated/α-hetero) is 1. The summed E-state index contributed by atoms with van der Waals surface area (Å²) in [4.78, 5) is 25.1. The lowest BCUT2D eigenvalue weighted by molar-refractivity contribution is -0.117. The first-order valence-corrected chi connectivity index (χ1v) is 16.3. The van der Waals surface area contributed by atoms with E-state index in [-0.39, 0.29) is 41.7 Å². The summed E-state index contributed by atoms with van der Waals surface area (Å²) < 4.78 is 32.3. The van der Waals surface area contributed by atoms with Crippen LogP contribution in [0.1, 0.15) is 90.3 Å². The fraction of sp³-hybridized carbons (Fsp3) is 0.514. The molecule has 45 heavy (non-hydrogen) atoms. The minimum absolute atomic E-state index is 0.00424. The molecule has 1 aliphatic rings. The lowest BCUT2D eigenvalue weighted by Gasteiger charge is -2.37. The molecule has 0 amide bonds. The Kier molecular flexibility index (Phi) is 12.0. The Hall–Kier alpha value is -3.49. The van der Waals surface area contributed by atoms with E-state index in [9.17, 15) is 14.0 Å². The zero-order valence-electron chi connectivity index (χ0n) is 27.7. The second-order valence-electron chi connectivity index (χ2n) is 13.2. The van der Waals surface area contributed by atoms with E-state index in [2.05, 4.69) is 31.4 Å². The normalized spacial score (nSPS) is 18.7. The number of ketones is 2. The van der Waals surface area contributed by atoms with Crippen molar-refractivity contribution in [1.29, 1.82) is 0 Å². The fourth-order valence-corrected chi connectivity index (χ4v) is 5.38. The van der Waals surface area contributed by atoms with Gasteiger partial charge in [-0.2, -0.15) is 0 Å². The first kappa shape index (κ1) is 34.4. The van der Waals surface area contributed by atoms with Gasteiger partial charge in [-0.05, 0) is 94.1 Å². The molecule has 2 unspecified atom stereocenters. The van der Waals surface area contributed by atoms with Crippen molar-refractivity contribution in [3.05, 3.63) is 65.7 Å². The van der Waals surface area contributed by atoms with Crippen molar-refractivity contribution in [2.45, 2.75) is 104 Å². The number of hydrogen-bond donors (Lipinski definition) is 2. The highest BCUT2D eigenvalue weighted by Crippen LogP contribution is 2.30. The molecule has 0 aliphatic heterocycles. The predicted octanol–water partition coefficient (Wildman–Crippen LogP) is 7.76. The molecule has 4 rings (SSSR count). The van der Waals surface area contributed by atoms with Gasteiger partial charge < -0.3 is 24.5 Å². The summed E-state index contributed by atoms with van der Waals surface area (Å²) in [6.45, 7) is 14.5. The molecule has 0 bridgehead atoms. The third-order valence-corrected chi connectivity index (χ3v) is 8.23. The Labute approximate surface area is 266 Å². The Morgan fingerprint density at radius 2 is 1.71 bits per heavy atom. The van der Waals surface area contributed by atoms with Gasteiger partial charge in [0.15, 0.2) is 11.5 Å². The summed E-state index contributed by atoms with van der Waals surface area (Å²) in [5, 5.41) is 7.88. The quantitative estimate of drug-likeness (QED) is 0.118. The first-order valence-electron chi connectivity index (χ1n) is 16.3. The van der Waals surface area contributed by atoms with Crippen LogP contribution in [0.15, 0.2) is 53.0 Å². The van der Waals surface area contributed by atoms with Gasteiger partial charge in [0.05, 0.1) is 0 Å². The van der Waals surface area contributed by atoms with Gasteiger partial charge in [0.1, 0.15) is 35.1 Å². The van der Waals surface area contributed by atoms with Crippen LogP contribution in [0.5, 0.6) is 11.5 Å². The van der Waals surface area contributed by atoms with Crippen LogP contribution >= 0.6 is 0 Å². The molecule has 0 saturated heterocycles. The minimum atomic E-state index is -0.406. The van der Waals surface area contributed by atoms with Crippen molar-refractivity contribution in [2.24, 2.45) is 11.8 Å². The fourth-order valence-electron chi connectivity index (χ4n) is 5.38. The number of carbonyl (C=O) groups excluding carboxylic acids is 2. The number of allylic oxidation sites excluding steroid dienone is 1. The molecule has 7 nitrogen and oxygen atoms in total. The molecule has 1 saturated carbocycles. The highest BCUT2D eigenvalue weighted by Gasteiger charge is 2.31. The van der Waals surface area contributed by atoms with Crippen molar-refractivity contribution in [3.8, 4) is 11.5 Å². The number of halogens is 1. The number of fused-ring (bicyclic) bond motifs is 1. The van der Waals surface area contributed by atoms with Gasteiger partial charge >= 0.3 is 0 Å². The average Bonchev–Trinajstić information content (AvgIpc) is 3.40. The molecule has 1 aliphatic carbocycles. The van der Waals surface area contributed by atoms with Crippen LogP contribution in [0.25, 0.3) is 17.0 Å². The smallest absolute Gasteiger partial charge is 0.200 e. The standard InChI is InChI=1S/C37H49FN2O5/c1-22(2)34(41)14-10-27-16-30(11-13-33(27)38)43-26(7)21-39-25(6)9-8-24(5)37(42)36-18-28-17-31(12-15-35(28)45-36)44-32-19-29(20-32)40-23(3)4/h10-18,22-26,29,32,39-40H,8-9,19-21H2,1-7H3/b14-10+/t24?,25?,26-,29?,32?/m1/s1. The Morgan fingerprint density at radius 1 is 0.978 bits per heavy atom. The van der Waals surface area contributed by atoms with E-state index in [0.717, 1.165) is 30.4 Å². The van der Waals surface area contributed by atoms with Gasteiger partial charge in [0.2, 0.25) is 5.78 Å². The predicted molar refractivity (Wildman–Crippen MR) is 177 cm³/mol. The molecule has 8 heteroatoms. The average molecular weight is 621 g/mol. The Balaban J connectivity index is 1.21. The molecular formula is C37H49FN2O5. The number of benzene rings is 2. The van der Waals surface area contributed by atoms with Crippen LogP contribution in [-0.4, -0.2) is 48.4 Å². The lowest BCUT2D eigenvalue weighted by atomic mass is 9.88. The van der Waals surface area contributed by atoms with Gasteiger partial charge in [-0.3, -0.25) is 9.59 Å². The van der Waals surface area contributed by atoms with Gasteiger partial charge in [-0.1, -0.05) is 34.6 Å². The number of ether oxygens (including phenoxy) is 2. The van der Waals surface area contributed by atoms with E-state index in [1.165, 1.54) is 18.2 Å². The highest BCUT2D eigenvalue weighted by atomic mass is 19.1. The molecule has 244 valence electrons. The minimum Gasteiger partial charge on any atom is -0.490 e. The number of furan rings is 1. The van der Waals surface area contributed by atoms with E-state index in [0.29, 0.717) is 47.7 Å². The largest absolute Gasteiger partial charge is 0.490 e. The maximum Gasteiger partial charge on any atom is 0.200 e. The summed E-state index contributed by atoms with van der Waals surface area (Å²) in [5.74, 6) is 0.919. The van der Waals surface area contributed by atoms with Crippen LogP contribution in [0.2, 0.25) is 0 Å². The van der Waals surface area contributed by atoms with Gasteiger partial charge in [0.25, 0.3) is 0 Å². The second-order valence-corrected chi connectivity index (χ2v) is 13.2. The summed E-state index contributed by atoms with van der Waals surface area (Å²) in [6.07, 6.45) is 6.45. The van der Waals surface area contributed by atoms with E-state index in [1.54, 1.807) is 26.0 Å². The van der Waals surface area contributed by atoms with Crippen LogP contribution < -0.4 is 20.1 Å². The summed E-state index contributed by atoms with van der Waals surface area (Å²) in [5.41, 5.74) is 0.997. The molecule has 1 aromatic heterocycles. The van der Waals surface area contributed by atoms with Crippen molar-refractivity contribution >= 4 is 28.6 Å². The zero-order chi connectivity index (χ0) is 32.7. The third kappa shape index (κ3) is 10.00. The maximum atomic E-state index is 14.2. The van der Waals surface area contributed by atoms with E-state index in [4.69, 9.17) is 13.9 Å². The van der Waals surface area contributed by atoms with Crippen molar-refractivity contribution in [2.75, 3.05) is 6.54 Å². The summed E-state index contributed by atoms with van der Waals surface area (Å²) in [6, 6.07) is 13.3. The number of hydrogen-bond acceptors (Lipinski definition) is 7. The molecule has 0 radical (unpaired) electrons. The maximum absolute atomic E-state index is 14.2. The first-order chi connectivity index (χ1) is 21.4. The van der Waals surface area contributed by atoms with Crippen LogP contribution in [0, 0.1) is 17.7 Å². The molecule has 1 fully saturated rings. The lowest BCUT2D eigenvalue weighted by Crippen LogP contribution is -2.49. The molecular weight excluding hydrogens is 571 g/mol. The molecule has 3 atom stereocenters. The Bertz CT molecular complexity index is 1470. The van der Waals surface area contributed by atoms with Crippen LogP contribution in [0.3, 0.4) is 0 Å².